The average molecular weight is 311 g/mol. The molecule has 0 amide bonds. The summed E-state index contributed by atoms with van der Waals surface area (Å²) in [6.45, 7) is 1.75. The monoisotopic (exact) mass is 310 g/mol. The molecule has 3 heteroatoms. The van der Waals surface area contributed by atoms with Gasteiger partial charge in [-0.15, -0.1) is 0 Å². The van der Waals surface area contributed by atoms with Crippen molar-refractivity contribution in [2.45, 2.75) is 44.9 Å². The molecule has 0 bridgehead atoms. The van der Waals surface area contributed by atoms with Crippen molar-refractivity contribution in [3.05, 3.63) is 33.8 Å². The Morgan fingerprint density at radius 2 is 2.11 bits per heavy atom. The van der Waals surface area contributed by atoms with Crippen LogP contribution < -0.4 is 0 Å². The SMILES string of the molecule is CC(Cc1ccc(C2CCCC2)c(Br)c1)C(=O)O. The standard InChI is InChI=1S/C15H19BrO2/c1-10(15(17)18)8-11-6-7-13(14(16)9-11)12-4-2-3-5-12/h6-7,9-10,12H,2-5,8H2,1H3,(H,17,18). The molecular weight excluding hydrogens is 292 g/mol. The van der Waals surface area contributed by atoms with E-state index in [-0.39, 0.29) is 5.92 Å². The van der Waals surface area contributed by atoms with Crippen LogP contribution in [0, 0.1) is 5.92 Å². The maximum absolute atomic E-state index is 10.9. The van der Waals surface area contributed by atoms with Crippen LogP contribution in [0.25, 0.3) is 0 Å². The third kappa shape index (κ3) is 3.14. The zero-order valence-electron chi connectivity index (χ0n) is 10.7. The van der Waals surface area contributed by atoms with E-state index in [2.05, 4.69) is 34.1 Å². The number of carbonyl (C=O) groups is 1. The Morgan fingerprint density at radius 3 is 2.67 bits per heavy atom. The van der Waals surface area contributed by atoms with Gasteiger partial charge in [-0.05, 0) is 42.4 Å². The summed E-state index contributed by atoms with van der Waals surface area (Å²) in [7, 11) is 0. The molecule has 1 unspecified atom stereocenters. The minimum absolute atomic E-state index is 0.325. The van der Waals surface area contributed by atoms with Crippen LogP contribution in [-0.4, -0.2) is 11.1 Å². The van der Waals surface area contributed by atoms with Gasteiger partial charge in [0.25, 0.3) is 0 Å². The molecule has 1 aliphatic carbocycles. The van der Waals surface area contributed by atoms with Crippen molar-refractivity contribution < 1.29 is 9.90 Å². The van der Waals surface area contributed by atoms with E-state index in [4.69, 9.17) is 5.11 Å². The highest BCUT2D eigenvalue weighted by atomic mass is 79.9. The first-order chi connectivity index (χ1) is 8.58. The molecule has 1 fully saturated rings. The molecule has 18 heavy (non-hydrogen) atoms. The van der Waals surface area contributed by atoms with Gasteiger partial charge in [-0.3, -0.25) is 4.79 Å². The van der Waals surface area contributed by atoms with E-state index in [1.54, 1.807) is 6.92 Å². The van der Waals surface area contributed by atoms with Crippen molar-refractivity contribution in [3.8, 4) is 0 Å². The highest BCUT2D eigenvalue weighted by molar-refractivity contribution is 9.10. The fourth-order valence-electron chi connectivity index (χ4n) is 2.71. The molecule has 2 nitrogen and oxygen atoms in total. The summed E-state index contributed by atoms with van der Waals surface area (Å²) in [5, 5.41) is 8.93. The Kier molecular flexibility index (Phi) is 4.44. The lowest BCUT2D eigenvalue weighted by Crippen LogP contribution is -2.12. The minimum Gasteiger partial charge on any atom is -0.481 e. The highest BCUT2D eigenvalue weighted by Crippen LogP contribution is 2.38. The summed E-state index contributed by atoms with van der Waals surface area (Å²) in [6, 6.07) is 6.34. The topological polar surface area (TPSA) is 37.3 Å². The fraction of sp³-hybridized carbons (Fsp3) is 0.533. The molecular formula is C15H19BrO2. The molecule has 1 aromatic carbocycles. The molecule has 1 N–H and O–H groups in total. The maximum Gasteiger partial charge on any atom is 0.306 e. The van der Waals surface area contributed by atoms with Gasteiger partial charge < -0.3 is 5.11 Å². The van der Waals surface area contributed by atoms with E-state index in [1.807, 2.05) is 0 Å². The van der Waals surface area contributed by atoms with Gasteiger partial charge in [0.2, 0.25) is 0 Å². The Bertz CT molecular complexity index is 436. The largest absolute Gasteiger partial charge is 0.481 e. The third-order valence-electron chi connectivity index (χ3n) is 3.82. The van der Waals surface area contributed by atoms with Crippen molar-refractivity contribution in [3.63, 3.8) is 0 Å². The van der Waals surface area contributed by atoms with Crippen molar-refractivity contribution in [2.75, 3.05) is 0 Å². The van der Waals surface area contributed by atoms with E-state index >= 15 is 0 Å². The third-order valence-corrected chi connectivity index (χ3v) is 4.51. The Hall–Kier alpha value is -0.830. The molecule has 1 saturated carbocycles. The molecule has 1 aromatic rings. The Labute approximate surface area is 117 Å². The number of benzene rings is 1. The molecule has 0 aliphatic heterocycles. The van der Waals surface area contributed by atoms with Gasteiger partial charge >= 0.3 is 5.97 Å². The number of carboxylic acid groups (broad SMARTS) is 1. The van der Waals surface area contributed by atoms with Gasteiger partial charge in [-0.2, -0.15) is 0 Å². The van der Waals surface area contributed by atoms with Crippen LogP contribution in [0.1, 0.15) is 49.7 Å². The first-order valence-corrected chi connectivity index (χ1v) is 7.38. The normalized spacial score (nSPS) is 17.9. The number of halogens is 1. The highest BCUT2D eigenvalue weighted by Gasteiger charge is 2.20. The van der Waals surface area contributed by atoms with Crippen molar-refractivity contribution >= 4 is 21.9 Å². The van der Waals surface area contributed by atoms with Gasteiger partial charge in [0.1, 0.15) is 0 Å². The Balaban J connectivity index is 2.11. The predicted molar refractivity (Wildman–Crippen MR) is 75.9 cm³/mol. The molecule has 2 rings (SSSR count). The molecule has 0 spiro atoms. The van der Waals surface area contributed by atoms with E-state index in [0.717, 1.165) is 10.0 Å². The van der Waals surface area contributed by atoms with Crippen LogP contribution in [0.5, 0.6) is 0 Å². The zero-order valence-corrected chi connectivity index (χ0v) is 12.2. The number of aliphatic carboxylic acids is 1. The lowest BCUT2D eigenvalue weighted by Gasteiger charge is -2.14. The van der Waals surface area contributed by atoms with Crippen LogP contribution in [0.4, 0.5) is 0 Å². The maximum atomic E-state index is 10.9. The molecule has 1 aliphatic rings. The smallest absolute Gasteiger partial charge is 0.306 e. The second-order valence-electron chi connectivity index (χ2n) is 5.28. The first-order valence-electron chi connectivity index (χ1n) is 6.59. The average Bonchev–Trinajstić information content (AvgIpc) is 2.82. The number of carboxylic acids is 1. The quantitative estimate of drug-likeness (QED) is 0.896. The van der Waals surface area contributed by atoms with Crippen LogP contribution in [0.3, 0.4) is 0 Å². The predicted octanol–water partition coefficient (Wildman–Crippen LogP) is 4.37. The molecule has 98 valence electrons. The summed E-state index contributed by atoms with van der Waals surface area (Å²) >= 11 is 3.64. The minimum atomic E-state index is -0.731. The first kappa shape index (κ1) is 13.6. The number of hydrogen-bond donors (Lipinski definition) is 1. The summed E-state index contributed by atoms with van der Waals surface area (Å²) in [4.78, 5) is 10.9. The van der Waals surface area contributed by atoms with Crippen molar-refractivity contribution in [1.82, 2.24) is 0 Å². The second kappa shape index (κ2) is 5.87. The van der Waals surface area contributed by atoms with Gasteiger partial charge in [0, 0.05) is 4.47 Å². The van der Waals surface area contributed by atoms with E-state index < -0.39 is 5.97 Å². The van der Waals surface area contributed by atoms with Gasteiger partial charge in [0.15, 0.2) is 0 Å². The second-order valence-corrected chi connectivity index (χ2v) is 6.13. The molecule has 0 radical (unpaired) electrons. The number of rotatable bonds is 4. The summed E-state index contributed by atoms with van der Waals surface area (Å²) in [5.74, 6) is -0.370. The van der Waals surface area contributed by atoms with Gasteiger partial charge in [-0.25, -0.2) is 0 Å². The fourth-order valence-corrected chi connectivity index (χ4v) is 3.46. The van der Waals surface area contributed by atoms with Crippen LogP contribution >= 0.6 is 15.9 Å². The van der Waals surface area contributed by atoms with Gasteiger partial charge in [0.05, 0.1) is 5.92 Å². The molecule has 0 saturated heterocycles. The Morgan fingerprint density at radius 1 is 1.44 bits per heavy atom. The number of hydrogen-bond acceptors (Lipinski definition) is 1. The lowest BCUT2D eigenvalue weighted by atomic mass is 9.94. The van der Waals surface area contributed by atoms with Gasteiger partial charge in [-0.1, -0.05) is 47.8 Å². The zero-order chi connectivity index (χ0) is 13.1. The van der Waals surface area contributed by atoms with Crippen molar-refractivity contribution in [1.29, 1.82) is 0 Å². The van der Waals surface area contributed by atoms with E-state index in [0.29, 0.717) is 12.3 Å². The lowest BCUT2D eigenvalue weighted by molar-refractivity contribution is -0.141. The van der Waals surface area contributed by atoms with E-state index in [1.165, 1.54) is 31.2 Å². The van der Waals surface area contributed by atoms with Crippen molar-refractivity contribution in [2.24, 2.45) is 5.92 Å². The summed E-state index contributed by atoms with van der Waals surface area (Å²) < 4.78 is 1.14. The molecule has 0 heterocycles. The summed E-state index contributed by atoms with van der Waals surface area (Å²) in [6.07, 6.45) is 5.82. The van der Waals surface area contributed by atoms with Crippen LogP contribution in [0.15, 0.2) is 22.7 Å². The van der Waals surface area contributed by atoms with Crippen LogP contribution in [-0.2, 0) is 11.2 Å². The summed E-state index contributed by atoms with van der Waals surface area (Å²) in [5.41, 5.74) is 2.48. The molecule has 1 atom stereocenters. The molecule has 0 aromatic heterocycles. The van der Waals surface area contributed by atoms with E-state index in [9.17, 15) is 4.79 Å². The van der Waals surface area contributed by atoms with Crippen LogP contribution in [0.2, 0.25) is 0 Å².